The van der Waals surface area contributed by atoms with Gasteiger partial charge in [0, 0.05) is 12.5 Å². The Morgan fingerprint density at radius 1 is 1.09 bits per heavy atom. The highest BCUT2D eigenvalue weighted by Gasteiger charge is 2.37. The zero-order valence-electron chi connectivity index (χ0n) is 13.8. The summed E-state index contributed by atoms with van der Waals surface area (Å²) in [4.78, 5) is 2.62. The molecule has 1 atom stereocenters. The second-order valence-electron chi connectivity index (χ2n) is 6.82. The molecule has 5 heteroatoms. The second-order valence-corrected chi connectivity index (χ2v) is 8.43. The number of fused-ring (bicyclic) bond motifs is 3. The molecule has 1 unspecified atom stereocenters. The molecule has 124 valence electrons. The van der Waals surface area contributed by atoms with Gasteiger partial charge in [-0.2, -0.15) is 8.75 Å². The molecule has 1 aromatic heterocycles. The van der Waals surface area contributed by atoms with Crippen LogP contribution in [0.15, 0.2) is 5.03 Å². The van der Waals surface area contributed by atoms with E-state index in [1.165, 1.54) is 99.2 Å². The lowest BCUT2D eigenvalue weighted by atomic mass is 9.78. The molecule has 0 amide bonds. The van der Waals surface area contributed by atoms with Gasteiger partial charge in [0.15, 0.2) is 0 Å². The van der Waals surface area contributed by atoms with E-state index in [2.05, 4.69) is 20.6 Å². The highest BCUT2D eigenvalue weighted by Crippen LogP contribution is 2.41. The van der Waals surface area contributed by atoms with Gasteiger partial charge in [-0.25, -0.2) is 0 Å². The van der Waals surface area contributed by atoms with Gasteiger partial charge in [-0.3, -0.25) is 0 Å². The Balaban J connectivity index is 1.44. The van der Waals surface area contributed by atoms with Crippen molar-refractivity contribution >= 4 is 23.5 Å². The van der Waals surface area contributed by atoms with Crippen molar-refractivity contribution in [2.75, 3.05) is 25.4 Å². The lowest BCUT2D eigenvalue weighted by Crippen LogP contribution is -2.46. The molecule has 3 fully saturated rings. The highest BCUT2D eigenvalue weighted by atomic mass is 32.2. The maximum Gasteiger partial charge on any atom is 0.134 e. The predicted molar refractivity (Wildman–Crippen MR) is 95.9 cm³/mol. The zero-order chi connectivity index (χ0) is 15.2. The summed E-state index contributed by atoms with van der Waals surface area (Å²) >= 11 is 3.38. The molecular weight excluding hydrogens is 310 g/mol. The third kappa shape index (κ3) is 4.24. The highest BCUT2D eigenvalue weighted by molar-refractivity contribution is 7.99. The summed E-state index contributed by atoms with van der Waals surface area (Å²) in [6, 6.07) is 0. The normalized spacial score (nSPS) is 27.4. The Labute approximate surface area is 143 Å². The van der Waals surface area contributed by atoms with Gasteiger partial charge in [-0.05, 0) is 44.0 Å². The molecular formula is C17H29N3S2. The van der Waals surface area contributed by atoms with E-state index in [-0.39, 0.29) is 0 Å². The standard InChI is InChI=1S/C17H29N3S2/c1-2-3-4-5-6-7-12-21-17-16(18-22-19-17)15-13-20-10-8-14(15)9-11-20/h14-15H,2-13H2,1H3. The summed E-state index contributed by atoms with van der Waals surface area (Å²) in [5.74, 6) is 2.74. The average Bonchev–Trinajstić information content (AvgIpc) is 3.03. The van der Waals surface area contributed by atoms with Gasteiger partial charge in [-0.1, -0.05) is 39.0 Å². The number of hydrogen-bond acceptors (Lipinski definition) is 5. The van der Waals surface area contributed by atoms with Gasteiger partial charge in [-0.15, -0.1) is 11.8 Å². The van der Waals surface area contributed by atoms with E-state index in [1.54, 1.807) is 0 Å². The summed E-state index contributed by atoms with van der Waals surface area (Å²) in [5.41, 5.74) is 1.33. The molecule has 4 rings (SSSR count). The first-order chi connectivity index (χ1) is 10.9. The number of thioether (sulfide) groups is 1. The van der Waals surface area contributed by atoms with Crippen LogP contribution in [0.2, 0.25) is 0 Å². The van der Waals surface area contributed by atoms with Crippen molar-refractivity contribution in [3.05, 3.63) is 5.69 Å². The minimum atomic E-state index is 0.660. The second kappa shape index (κ2) is 8.65. The van der Waals surface area contributed by atoms with Crippen LogP contribution in [0, 0.1) is 5.92 Å². The lowest BCUT2D eigenvalue weighted by molar-refractivity contribution is 0.0846. The van der Waals surface area contributed by atoms with Crippen molar-refractivity contribution in [3.8, 4) is 0 Å². The summed E-state index contributed by atoms with van der Waals surface area (Å²) in [7, 11) is 0. The van der Waals surface area contributed by atoms with Crippen LogP contribution >= 0.6 is 23.5 Å². The van der Waals surface area contributed by atoms with Crippen LogP contribution in [-0.4, -0.2) is 39.0 Å². The molecule has 4 heterocycles. The predicted octanol–water partition coefficient (Wildman–Crippen LogP) is 4.80. The number of unbranched alkanes of at least 4 members (excludes halogenated alkanes) is 5. The van der Waals surface area contributed by atoms with Crippen molar-refractivity contribution in [3.63, 3.8) is 0 Å². The molecule has 3 aliphatic rings. The third-order valence-corrected chi connectivity index (χ3v) is 6.95. The Morgan fingerprint density at radius 3 is 2.59 bits per heavy atom. The maximum absolute atomic E-state index is 4.68. The van der Waals surface area contributed by atoms with Crippen molar-refractivity contribution in [2.24, 2.45) is 5.92 Å². The minimum absolute atomic E-state index is 0.660. The van der Waals surface area contributed by atoms with Gasteiger partial charge < -0.3 is 4.90 Å². The summed E-state index contributed by atoms with van der Waals surface area (Å²) < 4.78 is 9.28. The van der Waals surface area contributed by atoms with Crippen LogP contribution < -0.4 is 0 Å². The first kappa shape index (κ1) is 16.7. The largest absolute Gasteiger partial charge is 0.303 e. The van der Waals surface area contributed by atoms with Crippen molar-refractivity contribution in [1.82, 2.24) is 13.6 Å². The van der Waals surface area contributed by atoms with Crippen molar-refractivity contribution < 1.29 is 0 Å². The van der Waals surface area contributed by atoms with E-state index in [0.717, 1.165) is 5.92 Å². The molecule has 0 spiro atoms. The van der Waals surface area contributed by atoms with E-state index in [4.69, 9.17) is 0 Å². The Hall–Kier alpha value is -0.130. The number of aromatic nitrogens is 2. The van der Waals surface area contributed by atoms with E-state index >= 15 is 0 Å². The average molecular weight is 340 g/mol. The van der Waals surface area contributed by atoms with Gasteiger partial charge >= 0.3 is 0 Å². The van der Waals surface area contributed by atoms with Crippen molar-refractivity contribution in [1.29, 1.82) is 0 Å². The first-order valence-corrected chi connectivity index (χ1v) is 10.8. The zero-order valence-corrected chi connectivity index (χ0v) is 15.4. The molecule has 0 saturated carbocycles. The topological polar surface area (TPSA) is 29.0 Å². The van der Waals surface area contributed by atoms with E-state index in [9.17, 15) is 0 Å². The summed E-state index contributed by atoms with van der Waals surface area (Å²) in [6.45, 7) is 6.11. The van der Waals surface area contributed by atoms with Crippen molar-refractivity contribution in [2.45, 2.75) is 69.2 Å². The molecule has 2 bridgehead atoms. The fraction of sp³-hybridized carbons (Fsp3) is 0.882. The quantitative estimate of drug-likeness (QED) is 0.477. The fourth-order valence-electron chi connectivity index (χ4n) is 3.84. The molecule has 0 aromatic carbocycles. The third-order valence-electron chi connectivity index (χ3n) is 5.23. The molecule has 22 heavy (non-hydrogen) atoms. The van der Waals surface area contributed by atoms with Gasteiger partial charge in [0.2, 0.25) is 0 Å². The lowest BCUT2D eigenvalue weighted by Gasteiger charge is -2.44. The van der Waals surface area contributed by atoms with Crippen LogP contribution in [0.5, 0.6) is 0 Å². The van der Waals surface area contributed by atoms with Crippen LogP contribution in [0.3, 0.4) is 0 Å². The molecule has 3 aliphatic heterocycles. The Kier molecular flexibility index (Phi) is 6.57. The monoisotopic (exact) mass is 339 g/mol. The number of piperidine rings is 3. The SMILES string of the molecule is CCCCCCCCSc1nsnc1C1CN2CCC1CC2. The van der Waals surface area contributed by atoms with Crippen LogP contribution in [0.4, 0.5) is 0 Å². The molecule has 1 aromatic rings. The smallest absolute Gasteiger partial charge is 0.134 e. The summed E-state index contributed by atoms with van der Waals surface area (Å²) in [6.07, 6.45) is 11.0. The van der Waals surface area contributed by atoms with Gasteiger partial charge in [0.1, 0.15) is 5.03 Å². The first-order valence-electron chi connectivity index (χ1n) is 9.06. The maximum atomic E-state index is 4.68. The molecule has 0 N–H and O–H groups in total. The minimum Gasteiger partial charge on any atom is -0.303 e. The van der Waals surface area contributed by atoms with E-state index < -0.39 is 0 Å². The molecule has 3 saturated heterocycles. The van der Waals surface area contributed by atoms with Gasteiger partial charge in [0.05, 0.1) is 17.4 Å². The Bertz CT molecular complexity index is 441. The van der Waals surface area contributed by atoms with Crippen LogP contribution in [0.25, 0.3) is 0 Å². The van der Waals surface area contributed by atoms with Gasteiger partial charge in [0.25, 0.3) is 0 Å². The van der Waals surface area contributed by atoms with Crippen LogP contribution in [0.1, 0.15) is 69.9 Å². The molecule has 0 radical (unpaired) electrons. The number of hydrogen-bond donors (Lipinski definition) is 0. The molecule has 3 nitrogen and oxygen atoms in total. The summed E-state index contributed by atoms with van der Waals surface area (Å²) in [5, 5.41) is 1.25. The fourth-order valence-corrected chi connectivity index (χ4v) is 5.61. The number of rotatable bonds is 9. The van der Waals surface area contributed by atoms with E-state index in [0.29, 0.717) is 5.92 Å². The number of nitrogens with zero attached hydrogens (tertiary/aromatic N) is 3. The van der Waals surface area contributed by atoms with Crippen LogP contribution in [-0.2, 0) is 0 Å². The molecule has 0 aliphatic carbocycles. The Morgan fingerprint density at radius 2 is 1.86 bits per heavy atom. The van der Waals surface area contributed by atoms with E-state index in [1.807, 2.05) is 11.8 Å².